The predicted molar refractivity (Wildman–Crippen MR) is 356 cm³/mol. The second-order valence-corrected chi connectivity index (χ2v) is 22.4. The SMILES string of the molecule is c1ccc2c(-n3c4ccccc4c4cc(-c5cc(-c6ccc(N(c7ccc8oc9ccccc9c8c7)c7ccc8oc9ccccc9c8c7)cc6)cc(-c6ccc7c(c6)c6ccccc6n7-c6cccc7ccccc67)c5)ccc43)cccc2c1. The van der Waals surface area contributed by atoms with Gasteiger partial charge in [-0.15, -0.1) is 0 Å². The number of hydrogen-bond donors (Lipinski definition) is 0. The lowest BCUT2D eigenvalue weighted by Crippen LogP contribution is -2.09. The summed E-state index contributed by atoms with van der Waals surface area (Å²) in [5.74, 6) is 0. The number of fused-ring (bicyclic) bond motifs is 14. The quantitative estimate of drug-likeness (QED) is 0.152. The molecule has 0 N–H and O–H groups in total. The lowest BCUT2D eigenvalue weighted by Gasteiger charge is -2.26. The van der Waals surface area contributed by atoms with Gasteiger partial charge in [0.25, 0.3) is 0 Å². The molecule has 0 amide bonds. The first-order chi connectivity index (χ1) is 42.1. The van der Waals surface area contributed by atoms with E-state index >= 15 is 0 Å². The maximum absolute atomic E-state index is 6.36. The third kappa shape index (κ3) is 7.44. The first-order valence-electron chi connectivity index (χ1n) is 29.0. The minimum Gasteiger partial charge on any atom is -0.456 e. The van der Waals surface area contributed by atoms with Crippen LogP contribution < -0.4 is 4.90 Å². The summed E-state index contributed by atoms with van der Waals surface area (Å²) >= 11 is 0. The van der Waals surface area contributed by atoms with Gasteiger partial charge in [-0.1, -0.05) is 170 Å². The Kier molecular flexibility index (Phi) is 10.3. The number of rotatable bonds is 8. The van der Waals surface area contributed by atoms with E-state index in [1.807, 2.05) is 24.3 Å². The highest BCUT2D eigenvalue weighted by atomic mass is 16.3. The summed E-state index contributed by atoms with van der Waals surface area (Å²) in [4.78, 5) is 2.35. The molecule has 5 heteroatoms. The molecular weight excluding hydrogens is 1030 g/mol. The molecule has 4 heterocycles. The van der Waals surface area contributed by atoms with E-state index in [9.17, 15) is 0 Å². The van der Waals surface area contributed by atoms with Gasteiger partial charge in [-0.05, 0) is 172 Å². The fraction of sp³-hybridized carbons (Fsp3) is 0. The summed E-state index contributed by atoms with van der Waals surface area (Å²) in [6, 6.07) is 108. The van der Waals surface area contributed by atoms with Crippen molar-refractivity contribution in [3.05, 3.63) is 297 Å². The zero-order valence-corrected chi connectivity index (χ0v) is 45.9. The number of para-hydroxylation sites is 4. The maximum Gasteiger partial charge on any atom is 0.135 e. The minimum absolute atomic E-state index is 0.858. The zero-order valence-electron chi connectivity index (χ0n) is 45.9. The van der Waals surface area contributed by atoms with Crippen molar-refractivity contribution in [2.75, 3.05) is 4.90 Å². The molecule has 0 fully saturated rings. The number of aromatic nitrogens is 2. The smallest absolute Gasteiger partial charge is 0.135 e. The van der Waals surface area contributed by atoms with E-state index in [0.29, 0.717) is 0 Å². The van der Waals surface area contributed by atoms with Crippen molar-refractivity contribution in [2.45, 2.75) is 0 Å². The van der Waals surface area contributed by atoms with Crippen LogP contribution in [0.5, 0.6) is 0 Å². The van der Waals surface area contributed by atoms with Gasteiger partial charge in [-0.25, -0.2) is 0 Å². The van der Waals surface area contributed by atoms with Crippen LogP contribution in [0, 0.1) is 0 Å². The Bertz CT molecular complexity index is 5420. The van der Waals surface area contributed by atoms with Crippen molar-refractivity contribution >= 4 is 126 Å². The van der Waals surface area contributed by atoms with Crippen molar-refractivity contribution in [3.8, 4) is 44.8 Å². The van der Waals surface area contributed by atoms with Crippen LogP contribution in [0.4, 0.5) is 17.1 Å². The maximum atomic E-state index is 6.36. The molecular formula is C80H49N3O2. The Morgan fingerprint density at radius 1 is 0.212 bits per heavy atom. The monoisotopic (exact) mass is 1080 g/mol. The summed E-state index contributed by atoms with van der Waals surface area (Å²) in [6.07, 6.45) is 0. The van der Waals surface area contributed by atoms with Crippen LogP contribution in [0.3, 0.4) is 0 Å². The molecule has 14 aromatic carbocycles. The molecule has 4 aromatic heterocycles. The Balaban J connectivity index is 0.821. The van der Waals surface area contributed by atoms with Crippen LogP contribution in [-0.4, -0.2) is 9.13 Å². The highest BCUT2D eigenvalue weighted by Crippen LogP contribution is 2.45. The fourth-order valence-corrected chi connectivity index (χ4v) is 13.7. The Hall–Kier alpha value is -11.4. The van der Waals surface area contributed by atoms with Crippen LogP contribution in [0.1, 0.15) is 0 Å². The van der Waals surface area contributed by atoms with E-state index in [1.165, 1.54) is 76.5 Å². The van der Waals surface area contributed by atoms with Crippen LogP contribution in [0.2, 0.25) is 0 Å². The van der Waals surface area contributed by atoms with Gasteiger partial charge in [0.2, 0.25) is 0 Å². The average molecular weight is 1080 g/mol. The molecule has 0 bridgehead atoms. The molecule has 0 spiro atoms. The normalized spacial score (nSPS) is 12.0. The molecule has 0 aliphatic heterocycles. The topological polar surface area (TPSA) is 39.4 Å². The van der Waals surface area contributed by atoms with Crippen molar-refractivity contribution in [1.29, 1.82) is 0 Å². The highest BCUT2D eigenvalue weighted by molar-refractivity contribution is 6.14. The molecule has 5 nitrogen and oxygen atoms in total. The third-order valence-corrected chi connectivity index (χ3v) is 17.7. The fourth-order valence-electron chi connectivity index (χ4n) is 13.7. The van der Waals surface area contributed by atoms with Gasteiger partial charge in [0, 0.05) is 70.9 Å². The van der Waals surface area contributed by atoms with Crippen molar-refractivity contribution in [1.82, 2.24) is 9.13 Å². The van der Waals surface area contributed by atoms with Gasteiger partial charge in [-0.3, -0.25) is 0 Å². The van der Waals surface area contributed by atoms with Crippen molar-refractivity contribution in [3.63, 3.8) is 0 Å². The second kappa shape index (κ2) is 18.6. The lowest BCUT2D eigenvalue weighted by atomic mass is 9.92. The van der Waals surface area contributed by atoms with Gasteiger partial charge in [0.15, 0.2) is 0 Å². The largest absolute Gasteiger partial charge is 0.456 e. The molecule has 0 radical (unpaired) electrons. The van der Waals surface area contributed by atoms with E-state index in [1.54, 1.807) is 0 Å². The number of nitrogens with zero attached hydrogens (tertiary/aromatic N) is 3. The number of hydrogen-bond acceptors (Lipinski definition) is 3. The summed E-state index contributed by atoms with van der Waals surface area (Å²) < 4.78 is 17.6. The summed E-state index contributed by atoms with van der Waals surface area (Å²) in [5.41, 5.74) is 20.4. The summed E-state index contributed by atoms with van der Waals surface area (Å²) in [7, 11) is 0. The summed E-state index contributed by atoms with van der Waals surface area (Å²) in [5, 5.41) is 14.1. The van der Waals surface area contributed by atoms with Gasteiger partial charge in [0.05, 0.1) is 33.4 Å². The van der Waals surface area contributed by atoms with E-state index in [4.69, 9.17) is 8.83 Å². The number of benzene rings is 14. The average Bonchev–Trinajstić information content (AvgIpc) is 3.87. The molecule has 0 atom stereocenters. The molecule has 0 saturated carbocycles. The van der Waals surface area contributed by atoms with Crippen LogP contribution >= 0.6 is 0 Å². The van der Waals surface area contributed by atoms with Crippen LogP contribution in [0.15, 0.2) is 306 Å². The molecule has 0 aliphatic rings. The standard InChI is InChI=1S/C80H49N3O2/c1-3-19-61-51(15-1)17-13-27-71(61)82-73-25-9-5-21-63(73)67-46-53(33-39-75(67)82)56-43-55(44-57(45-56)54-34-40-76-68(47-54)64-22-6-10-26-74(64)83(76)72-28-14-18-52-16-2-4-20-62(52)72)50-31-35-58(36-32-50)81(59-37-41-79-69(48-59)65-23-7-11-29-77(65)84-79)60-38-42-80-70(49-60)66-24-8-12-30-78(66)85-80/h1-49H. The van der Waals surface area contributed by atoms with E-state index in [2.05, 4.69) is 287 Å². The van der Waals surface area contributed by atoms with Gasteiger partial charge in [-0.2, -0.15) is 0 Å². The zero-order chi connectivity index (χ0) is 55.7. The van der Waals surface area contributed by atoms with Gasteiger partial charge < -0.3 is 22.9 Å². The van der Waals surface area contributed by atoms with Gasteiger partial charge >= 0.3 is 0 Å². The molecule has 0 unspecified atom stereocenters. The molecule has 0 saturated heterocycles. The second-order valence-electron chi connectivity index (χ2n) is 22.4. The summed E-state index contributed by atoms with van der Waals surface area (Å²) in [6.45, 7) is 0. The Labute approximate surface area is 488 Å². The predicted octanol–water partition coefficient (Wildman–Crippen LogP) is 22.5. The minimum atomic E-state index is 0.858. The number of anilines is 3. The van der Waals surface area contributed by atoms with E-state index in [-0.39, 0.29) is 0 Å². The molecule has 0 aliphatic carbocycles. The molecule has 18 rings (SSSR count). The van der Waals surface area contributed by atoms with Crippen molar-refractivity contribution < 1.29 is 8.83 Å². The Morgan fingerprint density at radius 3 is 1.07 bits per heavy atom. The van der Waals surface area contributed by atoms with Crippen molar-refractivity contribution in [2.24, 2.45) is 0 Å². The van der Waals surface area contributed by atoms with Crippen LogP contribution in [0.25, 0.3) is 154 Å². The third-order valence-electron chi connectivity index (χ3n) is 17.7. The highest BCUT2D eigenvalue weighted by Gasteiger charge is 2.21. The number of furan rings is 2. The molecule has 396 valence electrons. The molecule has 18 aromatic rings. The first-order valence-corrected chi connectivity index (χ1v) is 29.0. The first kappa shape index (κ1) is 47.3. The Morgan fingerprint density at radius 2 is 0.576 bits per heavy atom. The van der Waals surface area contributed by atoms with Crippen LogP contribution in [-0.2, 0) is 0 Å². The van der Waals surface area contributed by atoms with E-state index in [0.717, 1.165) is 94.3 Å². The molecule has 85 heavy (non-hydrogen) atoms. The van der Waals surface area contributed by atoms with Gasteiger partial charge in [0.1, 0.15) is 22.3 Å². The van der Waals surface area contributed by atoms with E-state index < -0.39 is 0 Å². The lowest BCUT2D eigenvalue weighted by molar-refractivity contribution is 0.668.